The summed E-state index contributed by atoms with van der Waals surface area (Å²) >= 11 is -1.35. The molecule has 0 saturated heterocycles. The van der Waals surface area contributed by atoms with Gasteiger partial charge in [-0.2, -0.15) is 4.37 Å². The van der Waals surface area contributed by atoms with Crippen LogP contribution in [0.1, 0.15) is 0 Å². The zero-order chi connectivity index (χ0) is 12.6. The Hall–Kier alpha value is -0.0300. The number of nitrogens with one attached hydrogen (secondary N) is 1. The first-order valence-corrected chi connectivity index (χ1v) is 8.07. The molecule has 0 bridgehead atoms. The largest absolute Gasteiger partial charge is 1.00 e. The predicted molar refractivity (Wildman–Crippen MR) is 65.3 cm³/mol. The third-order valence-electron chi connectivity index (χ3n) is 1.92. The van der Waals surface area contributed by atoms with E-state index in [1.54, 1.807) is 0 Å². The van der Waals surface area contributed by atoms with Crippen molar-refractivity contribution in [1.82, 2.24) is 4.37 Å². The number of nitrogens with zero attached hydrogens (tertiary/aromatic N) is 1. The molecular formula is C8H7N2NaO4S3. The number of sulfonamides is 1. The second kappa shape index (κ2) is 5.95. The van der Waals surface area contributed by atoms with Crippen molar-refractivity contribution in [3.63, 3.8) is 0 Å². The van der Waals surface area contributed by atoms with Crippen LogP contribution in [0, 0.1) is 0 Å². The van der Waals surface area contributed by atoms with Crippen LogP contribution in [-0.2, 0) is 21.1 Å². The second-order valence-electron chi connectivity index (χ2n) is 3.30. The molecule has 1 aromatic carbocycles. The minimum absolute atomic E-state index is 0. The minimum atomic E-state index is -3.37. The van der Waals surface area contributed by atoms with Crippen molar-refractivity contribution in [1.29, 1.82) is 0 Å². The molecule has 1 heterocycles. The van der Waals surface area contributed by atoms with Crippen LogP contribution in [0.3, 0.4) is 0 Å². The molecule has 2 aromatic rings. The Morgan fingerprint density at radius 1 is 1.44 bits per heavy atom. The van der Waals surface area contributed by atoms with Gasteiger partial charge >= 0.3 is 29.6 Å². The quantitative estimate of drug-likeness (QED) is 0.517. The van der Waals surface area contributed by atoms with Crippen molar-refractivity contribution in [3.8, 4) is 0 Å². The van der Waals surface area contributed by atoms with Gasteiger partial charge in [-0.3, -0.25) is 8.93 Å². The van der Waals surface area contributed by atoms with Gasteiger partial charge in [0.2, 0.25) is 10.0 Å². The average Bonchev–Trinajstić information content (AvgIpc) is 2.58. The van der Waals surface area contributed by atoms with Gasteiger partial charge in [0.05, 0.1) is 11.8 Å². The summed E-state index contributed by atoms with van der Waals surface area (Å²) in [5.74, 6) is 0. The predicted octanol–water partition coefficient (Wildman–Crippen LogP) is -2.09. The topological polar surface area (TPSA) is 99.2 Å². The Kier molecular flexibility index (Phi) is 5.30. The van der Waals surface area contributed by atoms with Crippen LogP contribution < -0.4 is 34.3 Å². The van der Waals surface area contributed by atoms with E-state index in [0.717, 1.165) is 17.8 Å². The van der Waals surface area contributed by atoms with Crippen molar-refractivity contribution in [2.45, 2.75) is 4.90 Å². The number of benzene rings is 1. The van der Waals surface area contributed by atoms with E-state index in [0.29, 0.717) is 15.9 Å². The van der Waals surface area contributed by atoms with Crippen molar-refractivity contribution in [3.05, 3.63) is 18.2 Å². The molecule has 0 amide bonds. The Bertz CT molecular complexity index is 697. The summed E-state index contributed by atoms with van der Waals surface area (Å²) in [4.78, 5) is 0.119. The fourth-order valence-corrected chi connectivity index (χ4v) is 3.32. The molecule has 0 aliphatic heterocycles. The molecule has 0 aliphatic carbocycles. The summed E-state index contributed by atoms with van der Waals surface area (Å²) < 4.78 is 50.0. The van der Waals surface area contributed by atoms with Crippen molar-refractivity contribution in [2.75, 3.05) is 11.0 Å². The van der Waals surface area contributed by atoms with Crippen molar-refractivity contribution >= 4 is 48.5 Å². The maximum absolute atomic E-state index is 11.1. The molecule has 1 N–H and O–H groups in total. The van der Waals surface area contributed by atoms with E-state index in [2.05, 4.69) is 9.10 Å². The standard InChI is InChI=1S/C8H8N2O4S3.Na/c1-17(13,14)10-8-6-3-2-5(16(11)12)4-7(6)9-15-8;/h2-4,10H,1H3,(H,11,12);/q;+1/p-1. The van der Waals surface area contributed by atoms with E-state index in [4.69, 9.17) is 0 Å². The van der Waals surface area contributed by atoms with E-state index in [1.165, 1.54) is 18.2 Å². The van der Waals surface area contributed by atoms with Gasteiger partial charge in [0.25, 0.3) is 0 Å². The maximum Gasteiger partial charge on any atom is 1.00 e. The maximum atomic E-state index is 11.1. The molecule has 1 aromatic heterocycles. The van der Waals surface area contributed by atoms with Crippen LogP contribution in [0.25, 0.3) is 10.9 Å². The normalized spacial score (nSPS) is 13.0. The van der Waals surface area contributed by atoms with E-state index in [9.17, 15) is 17.2 Å². The molecule has 92 valence electrons. The van der Waals surface area contributed by atoms with Gasteiger partial charge in [-0.1, -0.05) is 0 Å². The Morgan fingerprint density at radius 3 is 2.67 bits per heavy atom. The molecule has 10 heteroatoms. The second-order valence-corrected chi connectivity index (χ2v) is 6.76. The molecule has 0 radical (unpaired) electrons. The minimum Gasteiger partial charge on any atom is -0.768 e. The summed E-state index contributed by atoms with van der Waals surface area (Å²) in [7, 11) is -3.37. The summed E-state index contributed by atoms with van der Waals surface area (Å²) in [6, 6.07) is 4.31. The van der Waals surface area contributed by atoms with Gasteiger partial charge in [-0.15, -0.1) is 0 Å². The number of hydrogen-bond acceptors (Lipinski definition) is 6. The molecule has 0 spiro atoms. The third-order valence-corrected chi connectivity index (χ3v) is 4.06. The van der Waals surface area contributed by atoms with E-state index in [1.807, 2.05) is 0 Å². The number of anilines is 1. The SMILES string of the molecule is CS(=O)(=O)Nc1snc2cc(S(=O)[O-])ccc12.[Na+]. The monoisotopic (exact) mass is 314 g/mol. The number of rotatable bonds is 3. The number of aromatic nitrogens is 1. The van der Waals surface area contributed by atoms with E-state index >= 15 is 0 Å². The Labute approximate surface area is 133 Å². The van der Waals surface area contributed by atoms with Crippen molar-refractivity contribution in [2.24, 2.45) is 0 Å². The Morgan fingerprint density at radius 2 is 2.11 bits per heavy atom. The summed E-state index contributed by atoms with van der Waals surface area (Å²) in [6.07, 6.45) is 1.04. The third kappa shape index (κ3) is 3.73. The summed E-state index contributed by atoms with van der Waals surface area (Å²) in [5.41, 5.74) is 0.447. The zero-order valence-corrected chi connectivity index (χ0v) is 14.0. The average molecular weight is 314 g/mol. The van der Waals surface area contributed by atoms with Gasteiger partial charge in [-0.25, -0.2) is 8.42 Å². The van der Waals surface area contributed by atoms with Crippen LogP contribution in [0.15, 0.2) is 23.1 Å². The molecule has 6 nitrogen and oxygen atoms in total. The van der Waals surface area contributed by atoms with E-state index in [-0.39, 0.29) is 34.5 Å². The Balaban J connectivity index is 0.00000162. The zero-order valence-electron chi connectivity index (χ0n) is 9.54. The van der Waals surface area contributed by atoms with Crippen LogP contribution in [-0.4, -0.2) is 27.8 Å². The summed E-state index contributed by atoms with van der Waals surface area (Å²) in [5, 5.41) is 0.959. The van der Waals surface area contributed by atoms with Crippen LogP contribution in [0.2, 0.25) is 0 Å². The molecule has 1 unspecified atom stereocenters. The van der Waals surface area contributed by atoms with Crippen molar-refractivity contribution < 1.29 is 46.7 Å². The fourth-order valence-electron chi connectivity index (χ4n) is 1.27. The van der Waals surface area contributed by atoms with Gasteiger partial charge in [0, 0.05) is 10.3 Å². The fraction of sp³-hybridized carbons (Fsp3) is 0.125. The molecular weight excluding hydrogens is 307 g/mol. The first kappa shape index (κ1) is 16.0. The van der Waals surface area contributed by atoms with Gasteiger partial charge < -0.3 is 4.55 Å². The summed E-state index contributed by atoms with van der Waals surface area (Å²) in [6.45, 7) is 0. The smallest absolute Gasteiger partial charge is 0.768 e. The van der Waals surface area contributed by atoms with Gasteiger partial charge in [0.15, 0.2) is 0 Å². The van der Waals surface area contributed by atoms with E-state index < -0.39 is 21.1 Å². The molecule has 2 rings (SSSR count). The number of fused-ring (bicyclic) bond motifs is 1. The van der Waals surface area contributed by atoms with Crippen LogP contribution >= 0.6 is 11.5 Å². The van der Waals surface area contributed by atoms with Crippen LogP contribution in [0.4, 0.5) is 5.00 Å². The molecule has 0 aliphatic rings. The van der Waals surface area contributed by atoms with Gasteiger partial charge in [0.1, 0.15) is 5.00 Å². The van der Waals surface area contributed by atoms with Gasteiger partial charge in [-0.05, 0) is 40.8 Å². The number of hydrogen-bond donors (Lipinski definition) is 1. The first-order chi connectivity index (χ1) is 7.87. The molecule has 18 heavy (non-hydrogen) atoms. The van der Waals surface area contributed by atoms with Crippen LogP contribution in [0.5, 0.6) is 0 Å². The molecule has 0 saturated carbocycles. The molecule has 0 fully saturated rings. The molecule has 1 atom stereocenters. The first-order valence-electron chi connectivity index (χ1n) is 4.33.